The molecule has 17 heavy (non-hydrogen) atoms. The van der Waals surface area contributed by atoms with Gasteiger partial charge in [-0.05, 0) is 30.2 Å². The summed E-state index contributed by atoms with van der Waals surface area (Å²) in [7, 11) is 0. The van der Waals surface area contributed by atoms with Gasteiger partial charge in [-0.1, -0.05) is 18.2 Å². The van der Waals surface area contributed by atoms with E-state index in [4.69, 9.17) is 0 Å². The zero-order valence-electron chi connectivity index (χ0n) is 10.2. The summed E-state index contributed by atoms with van der Waals surface area (Å²) in [5, 5.41) is 3.68. The lowest BCUT2D eigenvalue weighted by Gasteiger charge is -2.21. The van der Waals surface area contributed by atoms with Crippen molar-refractivity contribution in [2.75, 3.05) is 36.0 Å². The van der Waals surface area contributed by atoms with Crippen molar-refractivity contribution in [2.24, 2.45) is 0 Å². The van der Waals surface area contributed by atoms with Gasteiger partial charge in [0.25, 0.3) is 0 Å². The maximum atomic E-state index is 3.68. The Hall–Kier alpha value is -0.670. The van der Waals surface area contributed by atoms with Crippen molar-refractivity contribution < 1.29 is 0 Å². The van der Waals surface area contributed by atoms with E-state index in [-0.39, 0.29) is 0 Å². The number of hydrogen-bond acceptors (Lipinski definition) is 3. The molecule has 3 rings (SSSR count). The lowest BCUT2D eigenvalue weighted by molar-refractivity contribution is 0.557. The van der Waals surface area contributed by atoms with Crippen molar-refractivity contribution in [3.8, 4) is 0 Å². The van der Waals surface area contributed by atoms with Crippen LogP contribution >= 0.6 is 11.8 Å². The molecule has 1 saturated heterocycles. The summed E-state index contributed by atoms with van der Waals surface area (Å²) in [5.41, 5.74) is 2.97. The van der Waals surface area contributed by atoms with Crippen molar-refractivity contribution in [1.82, 2.24) is 5.32 Å². The van der Waals surface area contributed by atoms with Gasteiger partial charge in [0.15, 0.2) is 0 Å². The monoisotopic (exact) mass is 248 g/mol. The number of thioether (sulfide) groups is 1. The van der Waals surface area contributed by atoms with E-state index in [9.17, 15) is 0 Å². The van der Waals surface area contributed by atoms with Gasteiger partial charge in [-0.15, -0.1) is 0 Å². The number of nitrogens with one attached hydrogen (secondary N) is 1. The van der Waals surface area contributed by atoms with Crippen LogP contribution in [0, 0.1) is 0 Å². The topological polar surface area (TPSA) is 15.3 Å². The van der Waals surface area contributed by atoms with Gasteiger partial charge >= 0.3 is 0 Å². The predicted octanol–water partition coefficient (Wildman–Crippen LogP) is 2.14. The first kappa shape index (κ1) is 11.4. The number of benzene rings is 1. The molecule has 1 aromatic rings. The van der Waals surface area contributed by atoms with Gasteiger partial charge in [0.2, 0.25) is 0 Å². The molecule has 3 heteroatoms. The first-order chi connectivity index (χ1) is 8.43. The van der Waals surface area contributed by atoms with Crippen LogP contribution < -0.4 is 10.2 Å². The Morgan fingerprint density at radius 3 is 3.18 bits per heavy atom. The highest BCUT2D eigenvalue weighted by Crippen LogP contribution is 2.26. The average molecular weight is 248 g/mol. The molecule has 2 aliphatic heterocycles. The molecule has 0 amide bonds. The van der Waals surface area contributed by atoms with Gasteiger partial charge in [-0.25, -0.2) is 0 Å². The summed E-state index contributed by atoms with van der Waals surface area (Å²) >= 11 is 2.08. The number of nitrogens with zero attached hydrogens (tertiary/aromatic N) is 1. The smallest absolute Gasteiger partial charge is 0.0399 e. The Morgan fingerprint density at radius 1 is 1.35 bits per heavy atom. The van der Waals surface area contributed by atoms with Gasteiger partial charge in [0, 0.05) is 37.1 Å². The van der Waals surface area contributed by atoms with E-state index in [2.05, 4.69) is 46.2 Å². The van der Waals surface area contributed by atoms with Gasteiger partial charge in [-0.3, -0.25) is 0 Å². The van der Waals surface area contributed by atoms with Crippen LogP contribution in [-0.2, 0) is 6.42 Å². The van der Waals surface area contributed by atoms with Crippen molar-refractivity contribution in [3.05, 3.63) is 29.8 Å². The van der Waals surface area contributed by atoms with Crippen LogP contribution in [0.2, 0.25) is 0 Å². The summed E-state index contributed by atoms with van der Waals surface area (Å²) in [4.78, 5) is 2.52. The number of fused-ring (bicyclic) bond motifs is 1. The minimum absolute atomic E-state index is 0.762. The molecule has 0 unspecified atom stereocenters. The molecular weight excluding hydrogens is 228 g/mol. The van der Waals surface area contributed by atoms with Crippen LogP contribution in [0.5, 0.6) is 0 Å². The molecule has 1 atom stereocenters. The molecule has 2 nitrogen and oxygen atoms in total. The summed E-state index contributed by atoms with van der Waals surface area (Å²) < 4.78 is 0. The fourth-order valence-electron chi connectivity index (χ4n) is 2.74. The van der Waals surface area contributed by atoms with Gasteiger partial charge < -0.3 is 10.2 Å². The van der Waals surface area contributed by atoms with E-state index in [0.29, 0.717) is 0 Å². The van der Waals surface area contributed by atoms with E-state index in [0.717, 1.165) is 19.1 Å². The van der Waals surface area contributed by atoms with E-state index in [1.165, 1.54) is 42.1 Å². The van der Waals surface area contributed by atoms with E-state index in [1.807, 2.05) is 0 Å². The number of anilines is 1. The maximum Gasteiger partial charge on any atom is 0.0399 e. The molecule has 0 aliphatic carbocycles. The van der Waals surface area contributed by atoms with Crippen molar-refractivity contribution in [3.63, 3.8) is 0 Å². The molecule has 0 aromatic heterocycles. The summed E-state index contributed by atoms with van der Waals surface area (Å²) in [6.45, 7) is 3.47. The van der Waals surface area contributed by atoms with Gasteiger partial charge in [0.05, 0.1) is 0 Å². The van der Waals surface area contributed by atoms with E-state index < -0.39 is 0 Å². The molecule has 1 N–H and O–H groups in total. The Kier molecular flexibility index (Phi) is 3.57. The second-order valence-electron chi connectivity index (χ2n) is 4.88. The third-order valence-electron chi connectivity index (χ3n) is 3.73. The van der Waals surface area contributed by atoms with Crippen molar-refractivity contribution in [2.45, 2.75) is 18.9 Å². The molecule has 2 heterocycles. The molecule has 0 radical (unpaired) electrons. The minimum atomic E-state index is 0.762. The highest BCUT2D eigenvalue weighted by atomic mass is 32.2. The maximum absolute atomic E-state index is 3.68. The van der Waals surface area contributed by atoms with Crippen LogP contribution in [0.4, 0.5) is 5.69 Å². The highest BCUT2D eigenvalue weighted by molar-refractivity contribution is 7.99. The molecular formula is C14H20N2S. The number of hydrogen-bond donors (Lipinski definition) is 1. The number of para-hydroxylation sites is 1. The zero-order chi connectivity index (χ0) is 11.5. The fourth-order valence-corrected chi connectivity index (χ4v) is 3.92. The van der Waals surface area contributed by atoms with Gasteiger partial charge in [0.1, 0.15) is 0 Å². The standard InChI is InChI=1S/C14H20N2S/c1-2-4-14-12(3-1)5-8-16(14)9-7-15-13-6-10-17-11-13/h1-4,13,15H,5-11H2/t13-/m1/s1. The Morgan fingerprint density at radius 2 is 2.29 bits per heavy atom. The average Bonchev–Trinajstić information content (AvgIpc) is 2.99. The lowest BCUT2D eigenvalue weighted by atomic mass is 10.2. The number of rotatable bonds is 4. The summed E-state index contributed by atoms with van der Waals surface area (Å²) in [5.74, 6) is 2.64. The zero-order valence-corrected chi connectivity index (χ0v) is 11.0. The highest BCUT2D eigenvalue weighted by Gasteiger charge is 2.19. The Labute approximate surface area is 108 Å². The van der Waals surface area contributed by atoms with Crippen LogP contribution in [0.3, 0.4) is 0 Å². The third kappa shape index (κ3) is 2.61. The molecule has 0 saturated carbocycles. The molecule has 0 bridgehead atoms. The molecule has 1 fully saturated rings. The predicted molar refractivity (Wildman–Crippen MR) is 76.1 cm³/mol. The normalized spacial score (nSPS) is 23.1. The quantitative estimate of drug-likeness (QED) is 0.879. The van der Waals surface area contributed by atoms with E-state index >= 15 is 0 Å². The minimum Gasteiger partial charge on any atom is -0.370 e. The third-order valence-corrected chi connectivity index (χ3v) is 4.89. The van der Waals surface area contributed by atoms with Crippen LogP contribution in [0.25, 0.3) is 0 Å². The summed E-state index contributed by atoms with van der Waals surface area (Å²) in [6, 6.07) is 9.58. The van der Waals surface area contributed by atoms with Crippen molar-refractivity contribution >= 4 is 17.4 Å². The molecule has 2 aliphatic rings. The van der Waals surface area contributed by atoms with Crippen LogP contribution in [0.1, 0.15) is 12.0 Å². The fraction of sp³-hybridized carbons (Fsp3) is 0.571. The molecule has 1 aromatic carbocycles. The largest absolute Gasteiger partial charge is 0.370 e. The second-order valence-corrected chi connectivity index (χ2v) is 6.03. The first-order valence-corrected chi connectivity index (χ1v) is 7.73. The molecule has 92 valence electrons. The van der Waals surface area contributed by atoms with Gasteiger partial charge in [-0.2, -0.15) is 11.8 Å². The van der Waals surface area contributed by atoms with Crippen molar-refractivity contribution in [1.29, 1.82) is 0 Å². The lowest BCUT2D eigenvalue weighted by Crippen LogP contribution is -2.36. The first-order valence-electron chi connectivity index (χ1n) is 6.57. The second kappa shape index (κ2) is 5.32. The Bertz CT molecular complexity index is 374. The SMILES string of the molecule is c1ccc2c(c1)CCN2CCN[C@@H]1CCSC1. The van der Waals surface area contributed by atoms with Crippen LogP contribution in [-0.4, -0.2) is 37.2 Å². The van der Waals surface area contributed by atoms with E-state index in [1.54, 1.807) is 0 Å². The summed E-state index contributed by atoms with van der Waals surface area (Å²) in [6.07, 6.45) is 2.57. The van der Waals surface area contributed by atoms with Crippen LogP contribution in [0.15, 0.2) is 24.3 Å². The molecule has 0 spiro atoms. The Balaban J connectivity index is 1.50.